The highest BCUT2D eigenvalue weighted by atomic mass is 32.2. The number of para-hydroxylation sites is 1. The fourth-order valence-electron chi connectivity index (χ4n) is 2.95. The molecule has 3 aromatic carbocycles. The van der Waals surface area contributed by atoms with Gasteiger partial charge in [-0.3, -0.25) is 9.59 Å². The van der Waals surface area contributed by atoms with E-state index in [0.717, 1.165) is 11.1 Å². The monoisotopic (exact) mass is 416 g/mol. The van der Waals surface area contributed by atoms with Crippen molar-refractivity contribution in [1.29, 1.82) is 0 Å². The van der Waals surface area contributed by atoms with E-state index in [2.05, 4.69) is 10.6 Å². The minimum absolute atomic E-state index is 0.147. The van der Waals surface area contributed by atoms with Crippen LogP contribution in [-0.2, 0) is 4.79 Å². The molecule has 0 radical (unpaired) electrons. The van der Waals surface area contributed by atoms with Crippen LogP contribution in [0.5, 0.6) is 0 Å². The maximum atomic E-state index is 12.8. The van der Waals surface area contributed by atoms with Crippen LogP contribution in [0.1, 0.15) is 34.5 Å². The minimum atomic E-state index is -0.291. The number of rotatable bonds is 7. The average molecular weight is 417 g/mol. The third kappa shape index (κ3) is 5.84. The molecule has 2 N–H and O–H groups in total. The third-order valence-electron chi connectivity index (χ3n) is 4.62. The number of thioether (sulfide) groups is 1. The van der Waals surface area contributed by atoms with Gasteiger partial charge in [0.2, 0.25) is 5.91 Å². The molecule has 0 aromatic heterocycles. The van der Waals surface area contributed by atoms with Crippen molar-refractivity contribution in [2.45, 2.75) is 17.9 Å². The predicted octanol–water partition coefficient (Wildman–Crippen LogP) is 5.55. The van der Waals surface area contributed by atoms with Gasteiger partial charge in [0.15, 0.2) is 0 Å². The van der Waals surface area contributed by atoms with Crippen molar-refractivity contribution in [1.82, 2.24) is 5.32 Å². The van der Waals surface area contributed by atoms with Gasteiger partial charge in [-0.2, -0.15) is 0 Å². The molecule has 0 bridgehead atoms. The molecular weight excluding hydrogens is 392 g/mol. The molecule has 0 aliphatic carbocycles. The van der Waals surface area contributed by atoms with E-state index in [4.69, 9.17) is 0 Å². The second-order valence-electron chi connectivity index (χ2n) is 6.75. The lowest BCUT2D eigenvalue weighted by Crippen LogP contribution is -2.27. The van der Waals surface area contributed by atoms with Gasteiger partial charge in [-0.25, -0.2) is 0 Å². The van der Waals surface area contributed by atoms with Gasteiger partial charge in [0.25, 0.3) is 5.91 Å². The SMILES string of the molecule is CSc1ccc(/C=C/C(=O)Nc2ccccc2C(=O)NC(C)c2ccccc2)cc1. The Kier molecular flexibility index (Phi) is 7.46. The summed E-state index contributed by atoms with van der Waals surface area (Å²) in [7, 11) is 0. The Morgan fingerprint density at radius 3 is 2.27 bits per heavy atom. The molecule has 3 rings (SSSR count). The molecule has 0 spiro atoms. The summed E-state index contributed by atoms with van der Waals surface area (Å²) in [5.41, 5.74) is 2.85. The lowest BCUT2D eigenvalue weighted by molar-refractivity contribution is -0.111. The summed E-state index contributed by atoms with van der Waals surface area (Å²) in [5.74, 6) is -0.529. The molecule has 0 aliphatic heterocycles. The van der Waals surface area contributed by atoms with Crippen LogP contribution < -0.4 is 10.6 Å². The quantitative estimate of drug-likeness (QED) is 0.392. The number of carbonyl (C=O) groups excluding carboxylic acids is 2. The average Bonchev–Trinajstić information content (AvgIpc) is 2.79. The van der Waals surface area contributed by atoms with E-state index in [1.165, 1.54) is 11.0 Å². The Bertz CT molecular complexity index is 1030. The Labute approximate surface area is 181 Å². The van der Waals surface area contributed by atoms with Crippen LogP contribution in [0.2, 0.25) is 0 Å². The van der Waals surface area contributed by atoms with E-state index in [-0.39, 0.29) is 17.9 Å². The first-order chi connectivity index (χ1) is 14.6. The number of benzene rings is 3. The predicted molar refractivity (Wildman–Crippen MR) is 125 cm³/mol. The Morgan fingerprint density at radius 1 is 0.900 bits per heavy atom. The Morgan fingerprint density at radius 2 is 1.57 bits per heavy atom. The first kappa shape index (κ1) is 21.4. The zero-order valence-corrected chi connectivity index (χ0v) is 17.8. The van der Waals surface area contributed by atoms with Crippen LogP contribution in [0.15, 0.2) is 89.8 Å². The second kappa shape index (κ2) is 10.5. The van der Waals surface area contributed by atoms with Crippen molar-refractivity contribution in [3.05, 3.63) is 102 Å². The van der Waals surface area contributed by atoms with E-state index in [9.17, 15) is 9.59 Å². The first-order valence-corrected chi connectivity index (χ1v) is 10.9. The zero-order chi connectivity index (χ0) is 21.3. The van der Waals surface area contributed by atoms with Crippen LogP contribution in [0, 0.1) is 0 Å². The smallest absolute Gasteiger partial charge is 0.253 e. The number of nitrogens with one attached hydrogen (secondary N) is 2. The normalized spacial score (nSPS) is 11.8. The van der Waals surface area contributed by atoms with Gasteiger partial charge in [0, 0.05) is 11.0 Å². The van der Waals surface area contributed by atoms with Crippen LogP contribution in [0.25, 0.3) is 6.08 Å². The molecule has 0 aliphatic rings. The van der Waals surface area contributed by atoms with E-state index in [1.54, 1.807) is 42.1 Å². The number of hydrogen-bond acceptors (Lipinski definition) is 3. The topological polar surface area (TPSA) is 58.2 Å². The maximum absolute atomic E-state index is 12.8. The van der Waals surface area contributed by atoms with Crippen molar-refractivity contribution in [2.75, 3.05) is 11.6 Å². The molecule has 3 aromatic rings. The van der Waals surface area contributed by atoms with Gasteiger partial charge in [0.1, 0.15) is 0 Å². The van der Waals surface area contributed by atoms with Crippen LogP contribution in [0.3, 0.4) is 0 Å². The molecule has 2 amide bonds. The number of hydrogen-bond donors (Lipinski definition) is 2. The zero-order valence-electron chi connectivity index (χ0n) is 17.0. The van der Waals surface area contributed by atoms with Crippen molar-refractivity contribution in [3.63, 3.8) is 0 Å². The first-order valence-electron chi connectivity index (χ1n) is 9.65. The highest BCUT2D eigenvalue weighted by Gasteiger charge is 2.15. The molecule has 5 heteroatoms. The van der Waals surface area contributed by atoms with Gasteiger partial charge in [-0.1, -0.05) is 54.6 Å². The van der Waals surface area contributed by atoms with Crippen molar-refractivity contribution >= 4 is 35.3 Å². The van der Waals surface area contributed by atoms with E-state index >= 15 is 0 Å². The molecule has 152 valence electrons. The summed E-state index contributed by atoms with van der Waals surface area (Å²) < 4.78 is 0. The summed E-state index contributed by atoms with van der Waals surface area (Å²) in [5, 5.41) is 5.79. The highest BCUT2D eigenvalue weighted by Crippen LogP contribution is 2.19. The Balaban J connectivity index is 1.67. The molecular formula is C25H24N2O2S. The number of carbonyl (C=O) groups is 2. The van der Waals surface area contributed by atoms with Crippen LogP contribution >= 0.6 is 11.8 Å². The third-order valence-corrected chi connectivity index (χ3v) is 5.36. The van der Waals surface area contributed by atoms with Gasteiger partial charge in [-0.05, 0) is 54.6 Å². The summed E-state index contributed by atoms with van der Waals surface area (Å²) in [6.45, 7) is 1.93. The fourth-order valence-corrected chi connectivity index (χ4v) is 3.36. The van der Waals surface area contributed by atoms with E-state index in [0.29, 0.717) is 11.3 Å². The van der Waals surface area contributed by atoms with Gasteiger partial charge in [0.05, 0.1) is 17.3 Å². The molecule has 0 saturated heterocycles. The van der Waals surface area contributed by atoms with Crippen molar-refractivity contribution < 1.29 is 9.59 Å². The standard InChI is InChI=1S/C25H24N2O2S/c1-18(20-8-4-3-5-9-20)26-25(29)22-10-6-7-11-23(22)27-24(28)17-14-19-12-15-21(30-2)16-13-19/h3-18H,1-2H3,(H,26,29)(H,27,28)/b17-14+. The summed E-state index contributed by atoms with van der Waals surface area (Å²) in [6.07, 6.45) is 5.24. The maximum Gasteiger partial charge on any atom is 0.253 e. The molecule has 1 unspecified atom stereocenters. The lowest BCUT2D eigenvalue weighted by atomic mass is 10.1. The second-order valence-corrected chi connectivity index (χ2v) is 7.63. The summed E-state index contributed by atoms with van der Waals surface area (Å²) >= 11 is 1.67. The molecule has 4 nitrogen and oxygen atoms in total. The number of anilines is 1. The minimum Gasteiger partial charge on any atom is -0.345 e. The highest BCUT2D eigenvalue weighted by molar-refractivity contribution is 7.98. The summed E-state index contributed by atoms with van der Waals surface area (Å²) in [4.78, 5) is 26.3. The largest absolute Gasteiger partial charge is 0.345 e. The van der Waals surface area contributed by atoms with Crippen molar-refractivity contribution in [3.8, 4) is 0 Å². The molecule has 30 heavy (non-hydrogen) atoms. The van der Waals surface area contributed by atoms with E-state index in [1.807, 2.05) is 67.8 Å². The molecule has 0 saturated carbocycles. The van der Waals surface area contributed by atoms with Gasteiger partial charge in [-0.15, -0.1) is 11.8 Å². The molecule has 0 heterocycles. The molecule has 0 fully saturated rings. The van der Waals surface area contributed by atoms with Gasteiger partial charge >= 0.3 is 0 Å². The fraction of sp³-hybridized carbons (Fsp3) is 0.120. The van der Waals surface area contributed by atoms with Crippen LogP contribution in [-0.4, -0.2) is 18.1 Å². The van der Waals surface area contributed by atoms with Gasteiger partial charge < -0.3 is 10.6 Å². The summed E-state index contributed by atoms with van der Waals surface area (Å²) in [6, 6.07) is 24.5. The van der Waals surface area contributed by atoms with E-state index < -0.39 is 0 Å². The Hall–Kier alpha value is -3.31. The van der Waals surface area contributed by atoms with Crippen LogP contribution in [0.4, 0.5) is 5.69 Å². The number of amides is 2. The van der Waals surface area contributed by atoms with Crippen molar-refractivity contribution in [2.24, 2.45) is 0 Å². The lowest BCUT2D eigenvalue weighted by Gasteiger charge is -2.16. The molecule has 1 atom stereocenters.